The van der Waals surface area contributed by atoms with Gasteiger partial charge in [-0.15, -0.1) is 6.58 Å². The highest BCUT2D eigenvalue weighted by atomic mass is 32.2. The van der Waals surface area contributed by atoms with Crippen molar-refractivity contribution in [2.24, 2.45) is 0 Å². The van der Waals surface area contributed by atoms with Crippen LogP contribution in [0.5, 0.6) is 0 Å². The summed E-state index contributed by atoms with van der Waals surface area (Å²) in [5.41, 5.74) is 0. The molecule has 1 atom stereocenters. The van der Waals surface area contributed by atoms with Crippen LogP contribution in [0.1, 0.15) is 6.42 Å². The standard InChI is InChI=1S/C9H14O8S/c1-2-3-16-4-5-17-9(12)7(6-8(10)11)18(13,14)15/h2,7H,1,3-6H2,(H,10,11)(H,13,14,15). The lowest BCUT2D eigenvalue weighted by atomic mass is 10.3. The van der Waals surface area contributed by atoms with Crippen molar-refractivity contribution >= 4 is 22.1 Å². The average molecular weight is 282 g/mol. The highest BCUT2D eigenvalue weighted by molar-refractivity contribution is 7.87. The SMILES string of the molecule is C=CCOCCOC(=O)C(CC(=O)O)S(=O)(=O)O. The molecular formula is C9H14O8S. The Balaban J connectivity index is 4.32. The Kier molecular flexibility index (Phi) is 7.17. The molecule has 8 nitrogen and oxygen atoms in total. The smallest absolute Gasteiger partial charge is 0.327 e. The number of rotatable bonds is 9. The molecule has 0 bridgehead atoms. The lowest BCUT2D eigenvalue weighted by Gasteiger charge is -2.11. The second kappa shape index (κ2) is 7.80. The number of aliphatic carboxylic acids is 1. The highest BCUT2D eigenvalue weighted by Gasteiger charge is 2.34. The third-order valence-electron chi connectivity index (χ3n) is 1.69. The number of esters is 1. The Morgan fingerprint density at radius 1 is 1.33 bits per heavy atom. The summed E-state index contributed by atoms with van der Waals surface area (Å²) in [6, 6.07) is 0. The normalized spacial score (nSPS) is 12.7. The van der Waals surface area contributed by atoms with Crippen LogP contribution >= 0.6 is 0 Å². The molecule has 0 heterocycles. The zero-order valence-electron chi connectivity index (χ0n) is 9.44. The van der Waals surface area contributed by atoms with E-state index in [1.165, 1.54) is 6.08 Å². The molecule has 0 saturated heterocycles. The van der Waals surface area contributed by atoms with E-state index in [4.69, 9.17) is 14.4 Å². The quantitative estimate of drug-likeness (QED) is 0.250. The largest absolute Gasteiger partial charge is 0.481 e. The van der Waals surface area contributed by atoms with Crippen LogP contribution in [0, 0.1) is 0 Å². The first-order chi connectivity index (χ1) is 8.29. The number of carboxylic acids is 1. The molecule has 0 aromatic heterocycles. The molecule has 0 aromatic carbocycles. The monoisotopic (exact) mass is 282 g/mol. The molecule has 104 valence electrons. The molecule has 18 heavy (non-hydrogen) atoms. The van der Waals surface area contributed by atoms with Crippen molar-refractivity contribution in [2.45, 2.75) is 11.7 Å². The summed E-state index contributed by atoms with van der Waals surface area (Å²) in [6.07, 6.45) is 0.401. The molecule has 0 aliphatic heterocycles. The Hall–Kier alpha value is -1.45. The van der Waals surface area contributed by atoms with Crippen molar-refractivity contribution in [1.82, 2.24) is 0 Å². The number of ether oxygens (including phenoxy) is 2. The second-order valence-corrected chi connectivity index (χ2v) is 4.73. The minimum absolute atomic E-state index is 0.00300. The second-order valence-electron chi connectivity index (χ2n) is 3.13. The van der Waals surface area contributed by atoms with Crippen LogP contribution in [0.25, 0.3) is 0 Å². The molecule has 1 unspecified atom stereocenters. The summed E-state index contributed by atoms with van der Waals surface area (Å²) < 4.78 is 39.6. The third-order valence-corrected chi connectivity index (χ3v) is 2.77. The summed E-state index contributed by atoms with van der Waals surface area (Å²) in [7, 11) is -4.82. The van der Waals surface area contributed by atoms with Crippen molar-refractivity contribution in [1.29, 1.82) is 0 Å². The number of carboxylic acid groups (broad SMARTS) is 1. The van der Waals surface area contributed by atoms with E-state index in [9.17, 15) is 18.0 Å². The lowest BCUT2D eigenvalue weighted by Crippen LogP contribution is -2.34. The molecule has 0 aromatic rings. The van der Waals surface area contributed by atoms with Gasteiger partial charge in [-0.2, -0.15) is 8.42 Å². The van der Waals surface area contributed by atoms with Crippen molar-refractivity contribution in [2.75, 3.05) is 19.8 Å². The minimum Gasteiger partial charge on any atom is -0.481 e. The number of hydrogen-bond acceptors (Lipinski definition) is 6. The fraction of sp³-hybridized carbons (Fsp3) is 0.556. The third kappa shape index (κ3) is 6.99. The maximum Gasteiger partial charge on any atom is 0.327 e. The first-order valence-corrected chi connectivity index (χ1v) is 6.32. The molecule has 0 spiro atoms. The molecule has 9 heteroatoms. The number of hydrogen-bond donors (Lipinski definition) is 2. The number of carbonyl (C=O) groups excluding carboxylic acids is 1. The van der Waals surface area contributed by atoms with E-state index in [1.807, 2.05) is 0 Å². The Morgan fingerprint density at radius 2 is 1.94 bits per heavy atom. The molecule has 0 saturated carbocycles. The Bertz CT molecular complexity index is 399. The fourth-order valence-corrected chi connectivity index (χ4v) is 1.59. The van der Waals surface area contributed by atoms with Crippen LogP contribution in [0.2, 0.25) is 0 Å². The predicted octanol–water partition coefficient (Wildman–Crippen LogP) is -0.537. The molecule has 0 aliphatic rings. The van der Waals surface area contributed by atoms with Crippen molar-refractivity contribution in [3.63, 3.8) is 0 Å². The zero-order valence-corrected chi connectivity index (χ0v) is 10.3. The topological polar surface area (TPSA) is 127 Å². The zero-order chi connectivity index (χ0) is 14.2. The van der Waals surface area contributed by atoms with Gasteiger partial charge in [0, 0.05) is 0 Å². The van der Waals surface area contributed by atoms with E-state index < -0.39 is 33.7 Å². The van der Waals surface area contributed by atoms with E-state index in [2.05, 4.69) is 11.3 Å². The summed E-state index contributed by atoms with van der Waals surface area (Å²) in [5.74, 6) is -2.88. The van der Waals surface area contributed by atoms with Crippen molar-refractivity contribution < 1.29 is 37.1 Å². The van der Waals surface area contributed by atoms with Crippen LogP contribution < -0.4 is 0 Å². The van der Waals surface area contributed by atoms with Gasteiger partial charge in [-0.1, -0.05) is 6.08 Å². The van der Waals surface area contributed by atoms with Gasteiger partial charge in [0.1, 0.15) is 6.61 Å². The van der Waals surface area contributed by atoms with E-state index in [0.717, 1.165) is 0 Å². The Morgan fingerprint density at radius 3 is 2.39 bits per heavy atom. The summed E-state index contributed by atoms with van der Waals surface area (Å²) in [5, 5.41) is 6.29. The molecule has 0 amide bonds. The summed E-state index contributed by atoms with van der Waals surface area (Å²) in [4.78, 5) is 21.6. The molecular weight excluding hydrogens is 268 g/mol. The van der Waals surface area contributed by atoms with Gasteiger partial charge < -0.3 is 14.6 Å². The average Bonchev–Trinajstić information content (AvgIpc) is 2.23. The Labute approximate surface area is 104 Å². The van der Waals surface area contributed by atoms with Gasteiger partial charge >= 0.3 is 11.9 Å². The first-order valence-electron chi connectivity index (χ1n) is 4.82. The van der Waals surface area contributed by atoms with E-state index in [0.29, 0.717) is 0 Å². The van der Waals surface area contributed by atoms with Gasteiger partial charge in [0.15, 0.2) is 5.25 Å². The van der Waals surface area contributed by atoms with E-state index in [1.54, 1.807) is 0 Å². The van der Waals surface area contributed by atoms with Crippen LogP contribution in [-0.4, -0.2) is 55.1 Å². The van der Waals surface area contributed by atoms with E-state index >= 15 is 0 Å². The van der Waals surface area contributed by atoms with Crippen LogP contribution in [0.3, 0.4) is 0 Å². The van der Waals surface area contributed by atoms with Crippen LogP contribution in [0.4, 0.5) is 0 Å². The maximum atomic E-state index is 11.3. The van der Waals surface area contributed by atoms with Gasteiger partial charge in [0.25, 0.3) is 10.1 Å². The first kappa shape index (κ1) is 16.6. The lowest BCUT2D eigenvalue weighted by molar-refractivity contribution is -0.148. The van der Waals surface area contributed by atoms with Crippen molar-refractivity contribution in [3.05, 3.63) is 12.7 Å². The number of carbonyl (C=O) groups is 2. The van der Waals surface area contributed by atoms with Gasteiger partial charge in [-0.05, 0) is 0 Å². The van der Waals surface area contributed by atoms with Gasteiger partial charge in [0.2, 0.25) is 0 Å². The van der Waals surface area contributed by atoms with E-state index in [-0.39, 0.29) is 19.8 Å². The molecule has 0 fully saturated rings. The molecule has 0 radical (unpaired) electrons. The van der Waals surface area contributed by atoms with Crippen molar-refractivity contribution in [3.8, 4) is 0 Å². The molecule has 2 N–H and O–H groups in total. The van der Waals surface area contributed by atoms with Crippen LogP contribution in [0.15, 0.2) is 12.7 Å². The highest BCUT2D eigenvalue weighted by Crippen LogP contribution is 2.07. The molecule has 0 aliphatic carbocycles. The maximum absolute atomic E-state index is 11.3. The van der Waals surface area contributed by atoms with Gasteiger partial charge in [0.05, 0.1) is 19.6 Å². The summed E-state index contributed by atoms with van der Waals surface area (Å²) in [6.45, 7) is 3.36. The predicted molar refractivity (Wildman–Crippen MR) is 59.6 cm³/mol. The fourth-order valence-electron chi connectivity index (χ4n) is 0.930. The molecule has 0 rings (SSSR count). The summed E-state index contributed by atoms with van der Waals surface area (Å²) >= 11 is 0. The van der Waals surface area contributed by atoms with Gasteiger partial charge in [-0.3, -0.25) is 14.1 Å². The minimum atomic E-state index is -4.82. The van der Waals surface area contributed by atoms with Gasteiger partial charge in [-0.25, -0.2) is 0 Å². The van der Waals surface area contributed by atoms with Crippen LogP contribution in [-0.2, 0) is 29.2 Å².